The average molecular weight is 909 g/mol. The summed E-state index contributed by atoms with van der Waals surface area (Å²) in [6.45, 7) is 4.29. The molecule has 0 unspecified atom stereocenters. The molecule has 3 atom stereocenters. The van der Waals surface area contributed by atoms with Gasteiger partial charge >= 0.3 is 12.2 Å². The van der Waals surface area contributed by atoms with E-state index in [1.165, 1.54) is 12.8 Å². The molecule has 2 aromatic rings. The molecule has 1 aliphatic heterocycles. The molecule has 1 N–H and O–H groups in total. The number of likely N-dealkylation sites (N-methyl/N-ethyl adjacent to an activating group) is 1. The number of carbonyl (C=O) groups is 2. The third-order valence-electron chi connectivity index (χ3n) is 9.16. The summed E-state index contributed by atoms with van der Waals surface area (Å²) in [5.41, 5.74) is 2.17. The zero-order chi connectivity index (χ0) is 39.1. The molecule has 2 aromatic carbocycles. The van der Waals surface area contributed by atoms with Crippen LogP contribution in [0.5, 0.6) is 11.5 Å². The van der Waals surface area contributed by atoms with E-state index in [2.05, 4.69) is 63.4 Å². The molecule has 1 saturated heterocycles. The number of unbranched alkanes of at least 4 members (excludes halogenated alkanes) is 7. The summed E-state index contributed by atoms with van der Waals surface area (Å²) in [5, 5.41) is 9.43. The highest BCUT2D eigenvalue weighted by molar-refractivity contribution is 8.93. The molecule has 11 nitrogen and oxygen atoms in total. The maximum atomic E-state index is 12.4. The number of amides is 2. The summed E-state index contributed by atoms with van der Waals surface area (Å²) in [4.78, 5) is 28.2. The lowest BCUT2D eigenvalue weighted by Gasteiger charge is -2.26. The van der Waals surface area contributed by atoms with Crippen LogP contribution in [-0.2, 0) is 4.74 Å². The standard InChI is InChI=1S/C32H52N4O4.C9H20NO2.CH4.2BrH/c1-33(31(37)39-29-21-17-19-27(25-29)35(3,4)5)23-15-13-11-9-10-12-14-16-24-34(2)32(38)40-30-22-18-20-28(26-30)36(6,7)8;1-7-9(11)5-8(12-7)6-10(2,3)4;;;/h17-22,25-26H,9-16,23-24H2,1-8H3;7-9,11H,5-6H2,1-4H3;1H4;2*1H/q+2;+1;;;/t;7-,8-,9+;;;/m.0.../s1. The smallest absolute Gasteiger partial charge is 0.410 e. The minimum atomic E-state index is -0.315. The summed E-state index contributed by atoms with van der Waals surface area (Å²) >= 11 is 0. The van der Waals surface area contributed by atoms with Gasteiger partial charge in [-0.05, 0) is 44.0 Å². The zero-order valence-electron chi connectivity index (χ0n) is 35.4. The number of hydrogen-bond acceptors (Lipinski definition) is 6. The Bertz CT molecular complexity index is 1280. The topological polar surface area (TPSA) is 88.5 Å². The largest absolute Gasteiger partial charge is 0.414 e. The number of rotatable bonds is 17. The summed E-state index contributed by atoms with van der Waals surface area (Å²) in [6, 6.07) is 15.4. The minimum Gasteiger partial charge on any atom is -0.410 e. The Hall–Kier alpha value is -2.26. The highest BCUT2D eigenvalue weighted by atomic mass is 79.9. The van der Waals surface area contributed by atoms with Crippen LogP contribution in [0, 0.1) is 0 Å². The summed E-state index contributed by atoms with van der Waals surface area (Å²) in [6.07, 6.45) is 8.96. The van der Waals surface area contributed by atoms with Gasteiger partial charge < -0.3 is 33.6 Å². The molecular formula is C42H78Br2N5O6+3. The van der Waals surface area contributed by atoms with E-state index in [1.807, 2.05) is 55.5 Å². The van der Waals surface area contributed by atoms with E-state index in [0.717, 1.165) is 67.3 Å². The van der Waals surface area contributed by atoms with Crippen LogP contribution in [-0.4, -0.2) is 147 Å². The van der Waals surface area contributed by atoms with Crippen LogP contribution in [0.1, 0.15) is 72.1 Å². The second-order valence-electron chi connectivity index (χ2n) is 17.2. The molecule has 55 heavy (non-hydrogen) atoms. The van der Waals surface area contributed by atoms with E-state index in [4.69, 9.17) is 14.2 Å². The molecule has 0 aliphatic carbocycles. The fourth-order valence-corrected chi connectivity index (χ4v) is 5.87. The molecule has 1 fully saturated rings. The van der Waals surface area contributed by atoms with Gasteiger partial charge in [0.25, 0.3) is 0 Å². The quantitative estimate of drug-likeness (QED) is 0.126. The predicted molar refractivity (Wildman–Crippen MR) is 241 cm³/mol. The molecule has 2 amide bonds. The monoisotopic (exact) mass is 906 g/mol. The van der Waals surface area contributed by atoms with Crippen molar-refractivity contribution in [2.24, 2.45) is 0 Å². The first kappa shape index (κ1) is 54.8. The van der Waals surface area contributed by atoms with Crippen LogP contribution in [0.15, 0.2) is 48.5 Å². The van der Waals surface area contributed by atoms with E-state index < -0.39 is 0 Å². The van der Waals surface area contributed by atoms with Gasteiger partial charge in [-0.3, -0.25) is 8.97 Å². The summed E-state index contributed by atoms with van der Waals surface area (Å²) < 4.78 is 18.9. The Labute approximate surface area is 355 Å². The number of quaternary nitrogens is 3. The molecule has 1 heterocycles. The van der Waals surface area contributed by atoms with E-state index in [9.17, 15) is 14.7 Å². The van der Waals surface area contributed by atoms with Crippen LogP contribution in [0.4, 0.5) is 21.0 Å². The van der Waals surface area contributed by atoms with Gasteiger partial charge in [0.15, 0.2) is 0 Å². The minimum absolute atomic E-state index is 0. The third-order valence-corrected chi connectivity index (χ3v) is 9.16. The molecule has 0 radical (unpaired) electrons. The highest BCUT2D eigenvalue weighted by Crippen LogP contribution is 2.25. The van der Waals surface area contributed by atoms with Crippen LogP contribution in [0.2, 0.25) is 0 Å². The maximum Gasteiger partial charge on any atom is 0.414 e. The number of ether oxygens (including phenoxy) is 3. The highest BCUT2D eigenvalue weighted by Gasteiger charge is 2.33. The Kier molecular flexibility index (Phi) is 25.8. The number of benzene rings is 2. The summed E-state index contributed by atoms with van der Waals surface area (Å²) in [7, 11) is 22.5. The number of carbonyl (C=O) groups excluding carboxylic acids is 2. The van der Waals surface area contributed by atoms with Crippen molar-refractivity contribution in [3.8, 4) is 11.5 Å². The summed E-state index contributed by atoms with van der Waals surface area (Å²) in [5.74, 6) is 1.16. The third kappa shape index (κ3) is 22.3. The zero-order valence-corrected chi connectivity index (χ0v) is 38.8. The van der Waals surface area contributed by atoms with Crippen LogP contribution in [0.25, 0.3) is 0 Å². The Balaban J connectivity index is 0. The molecule has 13 heteroatoms. The van der Waals surface area contributed by atoms with Crippen LogP contribution >= 0.6 is 34.0 Å². The van der Waals surface area contributed by atoms with Crippen molar-refractivity contribution in [1.29, 1.82) is 0 Å². The first-order chi connectivity index (χ1) is 24.2. The first-order valence-corrected chi connectivity index (χ1v) is 19.0. The number of halogens is 2. The van der Waals surface area contributed by atoms with Crippen molar-refractivity contribution in [2.45, 2.75) is 90.4 Å². The van der Waals surface area contributed by atoms with Crippen molar-refractivity contribution in [3.05, 3.63) is 48.5 Å². The Morgan fingerprint density at radius 1 is 0.691 bits per heavy atom. The lowest BCUT2D eigenvalue weighted by atomic mass is 10.1. The SMILES string of the molecule is Br.Br.C.CN(CCCCCCCCCCN(C)C(=O)Oc1cccc([N+](C)(C)C)c1)C(=O)Oc1cccc([N+](C)(C)C)c1.C[C@@H]1O[C@H](C[N+](C)(C)C)C[C@H]1O. The number of nitrogens with zero attached hydrogens (tertiary/aromatic N) is 5. The molecule has 1 aliphatic rings. The molecule has 0 aromatic heterocycles. The molecule has 0 bridgehead atoms. The van der Waals surface area contributed by atoms with Crippen molar-refractivity contribution >= 4 is 57.5 Å². The Morgan fingerprint density at radius 3 is 1.36 bits per heavy atom. The van der Waals surface area contributed by atoms with Crippen LogP contribution < -0.4 is 18.4 Å². The Morgan fingerprint density at radius 2 is 1.05 bits per heavy atom. The average Bonchev–Trinajstić information content (AvgIpc) is 3.35. The van der Waals surface area contributed by atoms with Crippen molar-refractivity contribution in [3.63, 3.8) is 0 Å². The number of hydrogen-bond donors (Lipinski definition) is 1. The van der Waals surface area contributed by atoms with E-state index in [-0.39, 0.29) is 71.9 Å². The normalized spacial score (nSPS) is 16.6. The molecular weight excluding hydrogens is 830 g/mol. The predicted octanol–water partition coefficient (Wildman–Crippen LogP) is 8.79. The van der Waals surface area contributed by atoms with Crippen molar-refractivity contribution in [1.82, 2.24) is 18.8 Å². The van der Waals surface area contributed by atoms with Gasteiger partial charge in [0, 0.05) is 45.7 Å². The van der Waals surface area contributed by atoms with E-state index in [1.54, 1.807) is 23.9 Å². The van der Waals surface area contributed by atoms with Gasteiger partial charge in [-0.25, -0.2) is 9.59 Å². The van der Waals surface area contributed by atoms with Crippen molar-refractivity contribution < 1.29 is 33.4 Å². The van der Waals surface area contributed by atoms with Gasteiger partial charge in [0.2, 0.25) is 0 Å². The fourth-order valence-electron chi connectivity index (χ4n) is 5.87. The van der Waals surface area contributed by atoms with E-state index in [0.29, 0.717) is 33.6 Å². The number of aliphatic hydroxyl groups is 1. The first-order valence-electron chi connectivity index (χ1n) is 19.0. The van der Waals surface area contributed by atoms with Crippen LogP contribution in [0.3, 0.4) is 0 Å². The molecule has 0 saturated carbocycles. The van der Waals surface area contributed by atoms with Gasteiger partial charge in [-0.2, -0.15) is 0 Å². The van der Waals surface area contributed by atoms with Crippen molar-refractivity contribution in [2.75, 3.05) is 97.2 Å². The second kappa shape index (κ2) is 25.9. The van der Waals surface area contributed by atoms with Gasteiger partial charge in [0.1, 0.15) is 35.5 Å². The fraction of sp³-hybridized carbons (Fsp3) is 0.667. The lowest BCUT2D eigenvalue weighted by Crippen LogP contribution is -2.41. The maximum absolute atomic E-state index is 12.4. The second-order valence-corrected chi connectivity index (χ2v) is 17.2. The molecule has 0 spiro atoms. The van der Waals surface area contributed by atoms with Gasteiger partial charge in [0.05, 0.1) is 75.6 Å². The van der Waals surface area contributed by atoms with Gasteiger partial charge in [-0.15, -0.1) is 34.0 Å². The molecule has 3 rings (SSSR count). The molecule has 318 valence electrons. The van der Waals surface area contributed by atoms with Gasteiger partial charge in [-0.1, -0.05) is 58.1 Å². The van der Waals surface area contributed by atoms with E-state index >= 15 is 0 Å². The lowest BCUT2D eigenvalue weighted by molar-refractivity contribution is -0.873. The number of aliphatic hydroxyl groups excluding tert-OH is 1.